The zero-order chi connectivity index (χ0) is 23.7. The fraction of sp³-hybridized carbons (Fsp3) is 0.333. The average Bonchev–Trinajstić information content (AvgIpc) is 3.33. The van der Waals surface area contributed by atoms with Crippen molar-refractivity contribution in [2.24, 2.45) is 4.99 Å². The lowest BCUT2D eigenvalue weighted by atomic mass is 9.87. The molecule has 0 bridgehead atoms. The van der Waals surface area contributed by atoms with Crippen molar-refractivity contribution in [2.75, 3.05) is 0 Å². The van der Waals surface area contributed by atoms with Crippen molar-refractivity contribution in [3.8, 4) is 0 Å². The molecule has 0 radical (unpaired) electrons. The summed E-state index contributed by atoms with van der Waals surface area (Å²) in [4.78, 5) is 8.61. The van der Waals surface area contributed by atoms with Gasteiger partial charge in [-0.1, -0.05) is 47.5 Å². The minimum absolute atomic E-state index is 0.0724. The summed E-state index contributed by atoms with van der Waals surface area (Å²) in [6.45, 7) is 0.309. The molecule has 2 aliphatic rings. The topological polar surface area (TPSA) is 59.2 Å². The van der Waals surface area contributed by atoms with Crippen LogP contribution in [0.5, 0.6) is 0 Å². The molecule has 1 aliphatic carbocycles. The van der Waals surface area contributed by atoms with E-state index in [0.717, 1.165) is 16.8 Å². The highest BCUT2D eigenvalue weighted by atomic mass is 35.5. The Balaban J connectivity index is 1.60. The molecule has 176 valence electrons. The number of aromatic nitrogens is 4. The van der Waals surface area contributed by atoms with E-state index < -0.39 is 5.92 Å². The molecule has 1 fully saturated rings. The van der Waals surface area contributed by atoms with Gasteiger partial charge in [0, 0.05) is 35.1 Å². The van der Waals surface area contributed by atoms with E-state index in [9.17, 15) is 8.78 Å². The Kier molecular flexibility index (Phi) is 6.36. The molecule has 3 aromatic rings. The first-order valence-electron chi connectivity index (χ1n) is 11.0. The van der Waals surface area contributed by atoms with Crippen LogP contribution >= 0.6 is 23.2 Å². The minimum atomic E-state index is -2.62. The minimum Gasteiger partial charge on any atom is -0.360 e. The van der Waals surface area contributed by atoms with Crippen molar-refractivity contribution in [1.82, 2.24) is 25.1 Å². The molecule has 0 spiro atoms. The predicted molar refractivity (Wildman–Crippen MR) is 127 cm³/mol. The fourth-order valence-electron chi connectivity index (χ4n) is 4.57. The molecule has 0 amide bonds. The molecule has 1 aliphatic heterocycles. The fourth-order valence-corrected chi connectivity index (χ4v) is 4.82. The second-order valence-electron chi connectivity index (χ2n) is 8.58. The van der Waals surface area contributed by atoms with Gasteiger partial charge in [0.2, 0.25) is 5.92 Å². The molecule has 5 rings (SSSR count). The maximum atomic E-state index is 14.0. The SMILES string of the molecule is FC1(F)CCC(N2C=C(Cn3ncnn3)N=C(c3ccc(Cl)cc3)C2c2ccc(Cl)cc2)CC1. The molecule has 34 heavy (non-hydrogen) atoms. The Bertz CT molecular complexity index is 1180. The highest BCUT2D eigenvalue weighted by molar-refractivity contribution is 6.31. The molecule has 6 nitrogen and oxygen atoms in total. The Morgan fingerprint density at radius 1 is 0.941 bits per heavy atom. The second kappa shape index (κ2) is 9.43. The number of allylic oxidation sites excluding steroid dienone is 1. The Hall–Kier alpha value is -2.84. The first-order chi connectivity index (χ1) is 16.4. The van der Waals surface area contributed by atoms with Crippen LogP contribution in [-0.4, -0.2) is 42.8 Å². The van der Waals surface area contributed by atoms with Gasteiger partial charge in [0.05, 0.1) is 17.5 Å². The van der Waals surface area contributed by atoms with E-state index in [2.05, 4.69) is 20.3 Å². The monoisotopic (exact) mass is 502 g/mol. The van der Waals surface area contributed by atoms with Gasteiger partial charge in [-0.05, 0) is 53.4 Å². The summed E-state index contributed by atoms with van der Waals surface area (Å²) in [5.41, 5.74) is 3.39. The van der Waals surface area contributed by atoms with Gasteiger partial charge in [-0.25, -0.2) is 8.78 Å². The van der Waals surface area contributed by atoms with Gasteiger partial charge in [-0.3, -0.25) is 4.99 Å². The van der Waals surface area contributed by atoms with Gasteiger partial charge in [0.15, 0.2) is 6.33 Å². The quantitative estimate of drug-likeness (QED) is 0.432. The second-order valence-corrected chi connectivity index (χ2v) is 9.45. The molecule has 10 heteroatoms. The summed E-state index contributed by atoms with van der Waals surface area (Å²) in [5, 5.41) is 13.1. The largest absolute Gasteiger partial charge is 0.360 e. The van der Waals surface area contributed by atoms with Crippen LogP contribution in [-0.2, 0) is 6.54 Å². The van der Waals surface area contributed by atoms with E-state index in [4.69, 9.17) is 28.2 Å². The van der Waals surface area contributed by atoms with Gasteiger partial charge in [0.25, 0.3) is 0 Å². The van der Waals surface area contributed by atoms with Crippen LogP contribution in [0.3, 0.4) is 0 Å². The smallest absolute Gasteiger partial charge is 0.248 e. The van der Waals surface area contributed by atoms with Gasteiger partial charge >= 0.3 is 0 Å². The zero-order valence-corrected chi connectivity index (χ0v) is 19.7. The maximum absolute atomic E-state index is 14.0. The number of hydrogen-bond donors (Lipinski definition) is 0. The molecule has 1 unspecified atom stereocenters. The number of tetrazole rings is 1. The van der Waals surface area contributed by atoms with Gasteiger partial charge < -0.3 is 4.90 Å². The number of aliphatic imine (C=N–C) groups is 1. The Labute approximate surface area is 205 Å². The maximum Gasteiger partial charge on any atom is 0.248 e. The average molecular weight is 503 g/mol. The normalized spacial score (nSPS) is 20.7. The molecule has 0 saturated heterocycles. The van der Waals surface area contributed by atoms with E-state index in [1.807, 2.05) is 54.7 Å². The molecule has 1 saturated carbocycles. The summed E-state index contributed by atoms with van der Waals surface area (Å²) in [7, 11) is 0. The third-order valence-electron chi connectivity index (χ3n) is 6.25. The summed E-state index contributed by atoms with van der Waals surface area (Å²) >= 11 is 12.3. The van der Waals surface area contributed by atoms with E-state index in [1.54, 1.807) is 0 Å². The lowest BCUT2D eigenvalue weighted by Crippen LogP contribution is -2.44. The van der Waals surface area contributed by atoms with Crippen molar-refractivity contribution in [1.29, 1.82) is 0 Å². The standard InChI is InChI=1S/C24H22Cl2F2N6/c25-18-5-1-16(2-6-18)22-23(17-3-7-19(26)8-4-17)33(21-9-11-24(27,28)12-10-21)13-20(31-22)14-34-30-15-29-32-34/h1-8,13,15,21,23H,9-12,14H2. The summed E-state index contributed by atoms with van der Waals surface area (Å²) in [6.07, 6.45) is 3.82. The highest BCUT2D eigenvalue weighted by Crippen LogP contribution is 2.41. The van der Waals surface area contributed by atoms with Gasteiger partial charge in [-0.2, -0.15) is 4.80 Å². The molecule has 2 aromatic carbocycles. The summed E-state index contributed by atoms with van der Waals surface area (Å²) in [5.74, 6) is -2.62. The predicted octanol–water partition coefficient (Wildman–Crippen LogP) is 5.95. The van der Waals surface area contributed by atoms with Crippen LogP contribution in [0, 0.1) is 0 Å². The third kappa shape index (κ3) is 4.98. The molecule has 1 aromatic heterocycles. The lowest BCUT2D eigenvalue weighted by molar-refractivity contribution is -0.0510. The van der Waals surface area contributed by atoms with Crippen molar-refractivity contribution in [3.05, 3.63) is 87.9 Å². The van der Waals surface area contributed by atoms with Crippen LogP contribution in [0.25, 0.3) is 0 Å². The summed E-state index contributed by atoms with van der Waals surface area (Å²) in [6, 6.07) is 14.7. The summed E-state index contributed by atoms with van der Waals surface area (Å²) < 4.78 is 28.0. The van der Waals surface area contributed by atoms with Gasteiger partial charge in [0.1, 0.15) is 6.54 Å². The van der Waals surface area contributed by atoms with E-state index in [0.29, 0.717) is 35.1 Å². The van der Waals surface area contributed by atoms with E-state index in [-0.39, 0.29) is 24.9 Å². The number of hydrogen-bond acceptors (Lipinski definition) is 5. The van der Waals surface area contributed by atoms with Crippen molar-refractivity contribution >= 4 is 28.9 Å². The highest BCUT2D eigenvalue weighted by Gasteiger charge is 2.40. The third-order valence-corrected chi connectivity index (χ3v) is 6.75. The number of alkyl halides is 2. The zero-order valence-electron chi connectivity index (χ0n) is 18.2. The van der Waals surface area contributed by atoms with E-state index >= 15 is 0 Å². The first kappa shape index (κ1) is 22.9. The van der Waals surface area contributed by atoms with Crippen LogP contribution in [0.15, 0.2) is 71.7 Å². The molecular formula is C24H22Cl2F2N6. The van der Waals surface area contributed by atoms with Crippen molar-refractivity contribution in [2.45, 2.75) is 50.2 Å². The molecule has 1 atom stereocenters. The molecule has 2 heterocycles. The Morgan fingerprint density at radius 3 is 2.21 bits per heavy atom. The van der Waals surface area contributed by atoms with Crippen molar-refractivity contribution in [3.63, 3.8) is 0 Å². The number of benzene rings is 2. The molecule has 0 N–H and O–H groups in total. The number of nitrogens with zero attached hydrogens (tertiary/aromatic N) is 6. The van der Waals surface area contributed by atoms with Crippen LogP contribution in [0.2, 0.25) is 10.0 Å². The van der Waals surface area contributed by atoms with Gasteiger partial charge in [-0.15, -0.1) is 10.2 Å². The molecular weight excluding hydrogens is 481 g/mol. The van der Waals surface area contributed by atoms with Crippen LogP contribution < -0.4 is 0 Å². The first-order valence-corrected chi connectivity index (χ1v) is 11.8. The van der Waals surface area contributed by atoms with E-state index in [1.165, 1.54) is 11.1 Å². The lowest BCUT2D eigenvalue weighted by Gasteiger charge is -2.43. The van der Waals surface area contributed by atoms with Crippen molar-refractivity contribution < 1.29 is 8.78 Å². The number of rotatable bonds is 5. The van der Waals surface area contributed by atoms with Crippen LogP contribution in [0.1, 0.15) is 42.9 Å². The van der Waals surface area contributed by atoms with Crippen LogP contribution in [0.4, 0.5) is 8.78 Å². The number of halogens is 4. The Morgan fingerprint density at radius 2 is 1.59 bits per heavy atom.